The van der Waals surface area contributed by atoms with E-state index < -0.39 is 0 Å². The van der Waals surface area contributed by atoms with Gasteiger partial charge in [0.1, 0.15) is 0 Å². The van der Waals surface area contributed by atoms with Crippen LogP contribution in [0.2, 0.25) is 0 Å². The van der Waals surface area contributed by atoms with Gasteiger partial charge in [-0.15, -0.1) is 0 Å². The van der Waals surface area contributed by atoms with Crippen LogP contribution in [-0.2, 0) is 0 Å². The Balaban J connectivity index is 3.03. The molecule has 0 aliphatic heterocycles. The maximum Gasteiger partial charge on any atom is -0.00451 e. The van der Waals surface area contributed by atoms with Gasteiger partial charge in [-0.05, 0) is 18.6 Å². The van der Waals surface area contributed by atoms with Crippen LogP contribution in [0.4, 0.5) is 0 Å². The fraction of sp³-hybridized carbons (Fsp3) is 0.857. The molecule has 0 saturated carbocycles. The van der Waals surface area contributed by atoms with E-state index in [2.05, 4.69) is 13.8 Å². The molecule has 8 heavy (non-hydrogen) atoms. The molecule has 48 valence electrons. The summed E-state index contributed by atoms with van der Waals surface area (Å²) in [6.07, 6.45) is 4.96. The number of hydrogen-bond acceptors (Lipinski definition) is 1. The molecule has 1 atom stereocenters. The third kappa shape index (κ3) is 3.85. The van der Waals surface area contributed by atoms with Crippen LogP contribution in [0.25, 0.3) is 0 Å². The summed E-state index contributed by atoms with van der Waals surface area (Å²) in [7, 11) is 0. The highest BCUT2D eigenvalue weighted by Gasteiger charge is 1.94. The lowest BCUT2D eigenvalue weighted by Crippen LogP contribution is -1.92. The first-order chi connectivity index (χ1) is 3.81. The molecule has 0 aromatic carbocycles. The first kappa shape index (κ1) is 7.67. The molecule has 0 rings (SSSR count). The molecule has 0 radical (unpaired) electrons. The zero-order chi connectivity index (χ0) is 6.41. The molecule has 0 heterocycles. The molecule has 0 spiro atoms. The summed E-state index contributed by atoms with van der Waals surface area (Å²) in [5.41, 5.74) is 0. The summed E-state index contributed by atoms with van der Waals surface area (Å²) in [5.74, 6) is 0.720. The summed E-state index contributed by atoms with van der Waals surface area (Å²) >= 11 is 0. The first-order valence-corrected chi connectivity index (χ1v) is 3.30. The predicted octanol–water partition coefficient (Wildman–Crippen LogP) is 2.46. The summed E-state index contributed by atoms with van der Waals surface area (Å²) < 4.78 is 0. The minimum absolute atomic E-state index is 0.720. The molecule has 0 amide bonds. The molecule has 1 N–H and O–H groups in total. The molecule has 1 unspecified atom stereocenters. The van der Waals surface area contributed by atoms with Crippen molar-refractivity contribution in [2.75, 3.05) is 0 Å². The third-order valence-electron chi connectivity index (χ3n) is 1.30. The fourth-order valence-corrected chi connectivity index (χ4v) is 0.812. The van der Waals surface area contributed by atoms with E-state index >= 15 is 0 Å². The van der Waals surface area contributed by atoms with E-state index in [0.29, 0.717) is 0 Å². The quantitative estimate of drug-likeness (QED) is 0.541. The molecule has 1 heteroatoms. The van der Waals surface area contributed by atoms with E-state index in [9.17, 15) is 0 Å². The summed E-state index contributed by atoms with van der Waals surface area (Å²) in [5, 5.41) is 6.79. The highest BCUT2D eigenvalue weighted by atomic mass is 14.3. The van der Waals surface area contributed by atoms with E-state index in [1.807, 2.05) is 0 Å². The Kier molecular flexibility index (Phi) is 4.62. The SMILES string of the molecule is CCCC(C)CC=N. The van der Waals surface area contributed by atoms with E-state index in [1.54, 1.807) is 0 Å². The molecule has 0 aromatic heterocycles. The molecule has 0 aliphatic rings. The molecule has 0 saturated heterocycles. The highest BCUT2D eigenvalue weighted by Crippen LogP contribution is 2.06. The van der Waals surface area contributed by atoms with Crippen LogP contribution in [0, 0.1) is 11.3 Å². The van der Waals surface area contributed by atoms with E-state index in [4.69, 9.17) is 5.41 Å². The monoisotopic (exact) mass is 113 g/mol. The van der Waals surface area contributed by atoms with Crippen LogP contribution < -0.4 is 0 Å². The second-order valence-corrected chi connectivity index (χ2v) is 2.33. The lowest BCUT2D eigenvalue weighted by molar-refractivity contribution is 0.547. The van der Waals surface area contributed by atoms with Crippen LogP contribution in [0.1, 0.15) is 33.1 Å². The fourth-order valence-electron chi connectivity index (χ4n) is 0.812. The van der Waals surface area contributed by atoms with Gasteiger partial charge < -0.3 is 5.41 Å². The lowest BCUT2D eigenvalue weighted by atomic mass is 10.0. The number of rotatable bonds is 4. The second-order valence-electron chi connectivity index (χ2n) is 2.33. The smallest absolute Gasteiger partial charge is 0.00451 e. The average Bonchev–Trinajstić information content (AvgIpc) is 1.68. The Morgan fingerprint density at radius 2 is 2.25 bits per heavy atom. The van der Waals surface area contributed by atoms with Crippen molar-refractivity contribution >= 4 is 6.21 Å². The van der Waals surface area contributed by atoms with Gasteiger partial charge in [0.2, 0.25) is 0 Å². The van der Waals surface area contributed by atoms with Gasteiger partial charge >= 0.3 is 0 Å². The van der Waals surface area contributed by atoms with Crippen molar-refractivity contribution in [1.82, 2.24) is 0 Å². The number of nitrogens with one attached hydrogen (secondary N) is 1. The first-order valence-electron chi connectivity index (χ1n) is 3.30. The van der Waals surface area contributed by atoms with Crippen LogP contribution >= 0.6 is 0 Å². The maximum atomic E-state index is 6.79. The van der Waals surface area contributed by atoms with Gasteiger partial charge in [-0.2, -0.15) is 0 Å². The van der Waals surface area contributed by atoms with Crippen molar-refractivity contribution in [1.29, 1.82) is 5.41 Å². The molecule has 1 nitrogen and oxygen atoms in total. The summed E-state index contributed by atoms with van der Waals surface area (Å²) in [6, 6.07) is 0. The van der Waals surface area contributed by atoms with Crippen LogP contribution in [0.5, 0.6) is 0 Å². The van der Waals surface area contributed by atoms with Crippen LogP contribution in [0.3, 0.4) is 0 Å². The maximum absolute atomic E-state index is 6.79. The molecule has 0 bridgehead atoms. The minimum atomic E-state index is 0.720. The molecular weight excluding hydrogens is 98.1 g/mol. The standard InChI is InChI=1S/C7H15N/c1-3-4-7(2)5-6-8/h6-8H,3-5H2,1-2H3. The lowest BCUT2D eigenvalue weighted by Gasteiger charge is -2.02. The van der Waals surface area contributed by atoms with Crippen molar-refractivity contribution in [2.24, 2.45) is 5.92 Å². The Morgan fingerprint density at radius 1 is 1.62 bits per heavy atom. The minimum Gasteiger partial charge on any atom is -0.313 e. The van der Waals surface area contributed by atoms with E-state index in [0.717, 1.165) is 12.3 Å². The van der Waals surface area contributed by atoms with E-state index in [1.165, 1.54) is 19.1 Å². The van der Waals surface area contributed by atoms with Crippen molar-refractivity contribution in [2.45, 2.75) is 33.1 Å². The average molecular weight is 113 g/mol. The predicted molar refractivity (Wildman–Crippen MR) is 37.5 cm³/mol. The van der Waals surface area contributed by atoms with Crippen LogP contribution in [0.15, 0.2) is 0 Å². The van der Waals surface area contributed by atoms with Gasteiger partial charge in [0.05, 0.1) is 0 Å². The zero-order valence-corrected chi connectivity index (χ0v) is 5.78. The normalized spacial score (nSPS) is 13.2. The van der Waals surface area contributed by atoms with Gasteiger partial charge in [-0.3, -0.25) is 0 Å². The van der Waals surface area contributed by atoms with Gasteiger partial charge in [0, 0.05) is 0 Å². The number of hydrogen-bond donors (Lipinski definition) is 1. The molecule has 0 aromatic rings. The van der Waals surface area contributed by atoms with Gasteiger partial charge in [-0.25, -0.2) is 0 Å². The third-order valence-corrected chi connectivity index (χ3v) is 1.30. The summed E-state index contributed by atoms with van der Waals surface area (Å²) in [6.45, 7) is 4.37. The van der Waals surface area contributed by atoms with Gasteiger partial charge in [0.15, 0.2) is 0 Å². The largest absolute Gasteiger partial charge is 0.313 e. The second kappa shape index (κ2) is 4.82. The van der Waals surface area contributed by atoms with E-state index in [-0.39, 0.29) is 0 Å². The highest BCUT2D eigenvalue weighted by molar-refractivity contribution is 5.52. The Labute approximate surface area is 51.6 Å². The molecule has 0 fully saturated rings. The van der Waals surface area contributed by atoms with Crippen molar-refractivity contribution in [3.63, 3.8) is 0 Å². The zero-order valence-electron chi connectivity index (χ0n) is 5.78. The Morgan fingerprint density at radius 3 is 2.62 bits per heavy atom. The Bertz CT molecular complexity index is 59.4. The van der Waals surface area contributed by atoms with Crippen molar-refractivity contribution in [3.8, 4) is 0 Å². The topological polar surface area (TPSA) is 23.9 Å². The Hall–Kier alpha value is -0.330. The van der Waals surface area contributed by atoms with Crippen molar-refractivity contribution < 1.29 is 0 Å². The van der Waals surface area contributed by atoms with Gasteiger partial charge in [0.25, 0.3) is 0 Å². The molecule has 0 aliphatic carbocycles. The summed E-state index contributed by atoms with van der Waals surface area (Å²) in [4.78, 5) is 0. The van der Waals surface area contributed by atoms with Crippen molar-refractivity contribution in [3.05, 3.63) is 0 Å². The van der Waals surface area contributed by atoms with Gasteiger partial charge in [-0.1, -0.05) is 26.7 Å². The molecular formula is C7H15N. The van der Waals surface area contributed by atoms with Crippen LogP contribution in [-0.4, -0.2) is 6.21 Å².